The van der Waals surface area contributed by atoms with Gasteiger partial charge in [0.2, 0.25) is 5.95 Å². The first-order chi connectivity index (χ1) is 15.4. The number of sulfonamides is 1. The van der Waals surface area contributed by atoms with Crippen LogP contribution in [0.2, 0.25) is 0 Å². The molecule has 2 heterocycles. The van der Waals surface area contributed by atoms with Crippen molar-refractivity contribution in [3.8, 4) is 0 Å². The summed E-state index contributed by atoms with van der Waals surface area (Å²) >= 11 is 0. The first kappa shape index (κ1) is 21.8. The molecular weight excluding hydrogens is 436 g/mol. The van der Waals surface area contributed by atoms with Crippen molar-refractivity contribution >= 4 is 26.7 Å². The minimum atomic E-state index is -4.32. The molecule has 0 unspecified atom stereocenters. The monoisotopic (exact) mass is 457 g/mol. The number of fused-ring (bicyclic) bond motifs is 1. The molecule has 0 aliphatic heterocycles. The largest absolute Gasteiger partial charge is 0.330 e. The van der Waals surface area contributed by atoms with Gasteiger partial charge in [0.05, 0.1) is 18.3 Å². The summed E-state index contributed by atoms with van der Waals surface area (Å²) in [7, 11) is -4.32. The van der Waals surface area contributed by atoms with Crippen molar-refractivity contribution in [2.75, 3.05) is 11.3 Å². The zero-order chi connectivity index (χ0) is 22.7. The summed E-state index contributed by atoms with van der Waals surface area (Å²) in [5, 5.41) is 4.78. The maximum atomic E-state index is 14.9. The Bertz CT molecular complexity index is 1370. The topological polar surface area (TPSA) is 103 Å². The van der Waals surface area contributed by atoms with E-state index in [0.29, 0.717) is 24.0 Å². The molecule has 4 rings (SSSR count). The van der Waals surface area contributed by atoms with Crippen molar-refractivity contribution < 1.29 is 17.2 Å². The van der Waals surface area contributed by atoms with Crippen molar-refractivity contribution in [1.82, 2.24) is 14.8 Å². The van der Waals surface area contributed by atoms with Gasteiger partial charge in [0.25, 0.3) is 10.0 Å². The fraction of sp³-hybridized carbons (Fsp3) is 0.182. The predicted octanol–water partition coefficient (Wildman–Crippen LogP) is 3.45. The Morgan fingerprint density at radius 3 is 2.56 bits per heavy atom. The number of aromatic nitrogens is 3. The number of nitrogens with two attached hydrogens (primary N) is 1. The lowest BCUT2D eigenvalue weighted by Gasteiger charge is -2.11. The Balaban J connectivity index is 1.66. The number of nitrogens with zero attached hydrogens (tertiary/aromatic N) is 3. The van der Waals surface area contributed by atoms with Crippen molar-refractivity contribution in [1.29, 1.82) is 0 Å². The molecule has 0 fully saturated rings. The number of aryl methyl sites for hydroxylation is 1. The van der Waals surface area contributed by atoms with Crippen LogP contribution in [0.15, 0.2) is 65.7 Å². The Hall–Kier alpha value is -3.37. The lowest BCUT2D eigenvalue weighted by molar-refractivity contribution is 0.570. The molecule has 0 atom stereocenters. The first-order valence-corrected chi connectivity index (χ1v) is 11.4. The second-order valence-corrected chi connectivity index (χ2v) is 8.91. The Morgan fingerprint density at radius 2 is 1.81 bits per heavy atom. The van der Waals surface area contributed by atoms with Gasteiger partial charge in [0.15, 0.2) is 0 Å². The lowest BCUT2D eigenvalue weighted by atomic mass is 10.0. The highest BCUT2D eigenvalue weighted by Crippen LogP contribution is 2.25. The van der Waals surface area contributed by atoms with Gasteiger partial charge in [-0.3, -0.25) is 9.40 Å². The molecule has 0 bridgehead atoms. The lowest BCUT2D eigenvalue weighted by Crippen LogP contribution is -2.16. The molecule has 2 aromatic heterocycles. The standard InChI is InChI=1S/C22H21F2N5O2S/c23-18-12-19-17(11-20(18)32(30,31)28-22-9-3-8-21(24)27-22)13-26-29(19)14-16-6-2-1-5-15(16)7-4-10-25/h1-3,5-6,8-9,11-13H,4,7,10,14,25H2,(H,27,28). The van der Waals surface area contributed by atoms with Crippen molar-refractivity contribution in [3.05, 3.63) is 83.7 Å². The van der Waals surface area contributed by atoms with Crippen LogP contribution in [0.25, 0.3) is 10.9 Å². The molecule has 0 spiro atoms. The summed E-state index contributed by atoms with van der Waals surface area (Å²) < 4.78 is 57.2. The van der Waals surface area contributed by atoms with Crippen molar-refractivity contribution in [3.63, 3.8) is 0 Å². The third kappa shape index (κ3) is 4.61. The SMILES string of the molecule is NCCCc1ccccc1Cn1ncc2cc(S(=O)(=O)Nc3cccc(F)n3)c(F)cc21. The summed E-state index contributed by atoms with van der Waals surface area (Å²) in [6.07, 6.45) is 3.15. The molecule has 0 aliphatic rings. The minimum Gasteiger partial charge on any atom is -0.330 e. The summed E-state index contributed by atoms with van der Waals surface area (Å²) in [5.74, 6) is -2.04. The van der Waals surface area contributed by atoms with Gasteiger partial charge in [-0.05, 0) is 48.7 Å². The fourth-order valence-corrected chi connectivity index (χ4v) is 4.58. The number of hydrogen-bond donors (Lipinski definition) is 2. The molecule has 2 aromatic carbocycles. The van der Waals surface area contributed by atoms with Crippen LogP contribution in [0.1, 0.15) is 17.5 Å². The molecule has 0 aliphatic carbocycles. The number of benzene rings is 2. The summed E-state index contributed by atoms with van der Waals surface area (Å²) in [6.45, 7) is 0.988. The number of pyridine rings is 1. The van der Waals surface area contributed by atoms with E-state index in [1.54, 1.807) is 4.68 Å². The van der Waals surface area contributed by atoms with Crippen LogP contribution >= 0.6 is 0 Å². The molecule has 10 heteroatoms. The van der Waals surface area contributed by atoms with E-state index in [1.165, 1.54) is 24.4 Å². The summed E-state index contributed by atoms with van der Waals surface area (Å²) in [4.78, 5) is 2.88. The van der Waals surface area contributed by atoms with E-state index >= 15 is 0 Å². The van der Waals surface area contributed by atoms with Crippen LogP contribution in [0.4, 0.5) is 14.6 Å². The van der Waals surface area contributed by atoms with Gasteiger partial charge in [-0.25, -0.2) is 17.8 Å². The molecule has 0 saturated carbocycles. The second kappa shape index (κ2) is 9.01. The van der Waals surface area contributed by atoms with Crippen LogP contribution < -0.4 is 10.5 Å². The normalized spacial score (nSPS) is 11.7. The van der Waals surface area contributed by atoms with Gasteiger partial charge in [-0.2, -0.15) is 9.49 Å². The van der Waals surface area contributed by atoms with E-state index in [2.05, 4.69) is 14.8 Å². The highest BCUT2D eigenvalue weighted by molar-refractivity contribution is 7.92. The fourth-order valence-electron chi connectivity index (χ4n) is 3.48. The number of halogens is 2. The van der Waals surface area contributed by atoms with E-state index in [-0.39, 0.29) is 5.82 Å². The molecule has 0 saturated heterocycles. The van der Waals surface area contributed by atoms with E-state index in [1.807, 2.05) is 24.3 Å². The average Bonchev–Trinajstić information content (AvgIpc) is 3.13. The highest BCUT2D eigenvalue weighted by atomic mass is 32.2. The van der Waals surface area contributed by atoms with Crippen LogP contribution in [-0.4, -0.2) is 29.7 Å². The summed E-state index contributed by atoms with van der Waals surface area (Å²) in [6, 6.07) is 13.9. The predicted molar refractivity (Wildman–Crippen MR) is 118 cm³/mol. The second-order valence-electron chi connectivity index (χ2n) is 7.26. The third-order valence-corrected chi connectivity index (χ3v) is 6.40. The molecular formula is C22H21F2N5O2S. The third-order valence-electron chi connectivity index (χ3n) is 5.03. The average molecular weight is 458 g/mol. The van der Waals surface area contributed by atoms with Gasteiger partial charge in [0, 0.05) is 11.5 Å². The van der Waals surface area contributed by atoms with E-state index < -0.39 is 26.7 Å². The van der Waals surface area contributed by atoms with Gasteiger partial charge in [0.1, 0.15) is 16.5 Å². The van der Waals surface area contributed by atoms with Gasteiger partial charge < -0.3 is 5.73 Å². The van der Waals surface area contributed by atoms with Gasteiger partial charge >= 0.3 is 0 Å². The molecule has 32 heavy (non-hydrogen) atoms. The van der Waals surface area contributed by atoms with Crippen LogP contribution in [0, 0.1) is 11.8 Å². The number of nitrogens with one attached hydrogen (secondary N) is 1. The van der Waals surface area contributed by atoms with Crippen LogP contribution in [-0.2, 0) is 23.0 Å². The van der Waals surface area contributed by atoms with E-state index in [0.717, 1.165) is 36.1 Å². The first-order valence-electron chi connectivity index (χ1n) is 9.94. The van der Waals surface area contributed by atoms with Crippen LogP contribution in [0.5, 0.6) is 0 Å². The molecule has 0 amide bonds. The zero-order valence-corrected chi connectivity index (χ0v) is 17.8. The zero-order valence-electron chi connectivity index (χ0n) is 17.0. The Kier molecular flexibility index (Phi) is 6.15. The maximum Gasteiger partial charge on any atom is 0.265 e. The number of anilines is 1. The van der Waals surface area contributed by atoms with Gasteiger partial charge in [-0.1, -0.05) is 30.3 Å². The highest BCUT2D eigenvalue weighted by Gasteiger charge is 2.22. The molecule has 0 radical (unpaired) electrons. The molecule has 4 aromatic rings. The number of rotatable bonds is 8. The smallest absolute Gasteiger partial charge is 0.265 e. The van der Waals surface area contributed by atoms with Crippen molar-refractivity contribution in [2.45, 2.75) is 24.3 Å². The summed E-state index contributed by atoms with van der Waals surface area (Å²) in [5.41, 5.74) is 8.24. The Morgan fingerprint density at radius 1 is 1.03 bits per heavy atom. The minimum absolute atomic E-state index is 0.241. The van der Waals surface area contributed by atoms with E-state index in [4.69, 9.17) is 5.73 Å². The van der Waals surface area contributed by atoms with E-state index in [9.17, 15) is 17.2 Å². The molecule has 7 nitrogen and oxygen atoms in total. The van der Waals surface area contributed by atoms with Crippen molar-refractivity contribution in [2.24, 2.45) is 5.73 Å². The molecule has 3 N–H and O–H groups in total. The maximum absolute atomic E-state index is 14.9. The molecule has 166 valence electrons. The quantitative estimate of drug-likeness (QED) is 0.395. The number of hydrogen-bond acceptors (Lipinski definition) is 5. The van der Waals surface area contributed by atoms with Crippen LogP contribution in [0.3, 0.4) is 0 Å². The Labute approximate surface area is 183 Å². The van der Waals surface area contributed by atoms with Gasteiger partial charge in [-0.15, -0.1) is 0 Å².